The Bertz CT molecular complexity index is 2380. The van der Waals surface area contributed by atoms with Gasteiger partial charge in [-0.25, -0.2) is 18.3 Å². The molecule has 0 spiro atoms. The molecule has 14 heteroatoms. The Labute approximate surface area is 339 Å². The summed E-state index contributed by atoms with van der Waals surface area (Å²) < 4.78 is 51.5. The van der Waals surface area contributed by atoms with E-state index >= 15 is 8.78 Å². The number of hydrogen-bond donors (Lipinski definition) is 1. The quantitative estimate of drug-likeness (QED) is 0.204. The van der Waals surface area contributed by atoms with Gasteiger partial charge in [-0.05, 0) is 72.7 Å². The van der Waals surface area contributed by atoms with Gasteiger partial charge in [0.15, 0.2) is 0 Å². The minimum Gasteiger partial charge on any atom is -0.375 e. The van der Waals surface area contributed by atoms with Crippen molar-refractivity contribution >= 4 is 28.5 Å². The minimum absolute atomic E-state index is 0.00908. The number of carbonyl (C=O) groups excluding carboxylic acids is 3. The highest BCUT2D eigenvalue weighted by Gasteiger charge is 2.32. The molecule has 3 aliphatic heterocycles. The molecule has 0 aliphatic carbocycles. The monoisotopic (exact) mass is 806 g/mol. The number of halogens is 3. The summed E-state index contributed by atoms with van der Waals surface area (Å²) in [5, 5.41) is 7.91. The Morgan fingerprint density at radius 2 is 1.24 bits per heavy atom. The number of H-pyrrole nitrogens is 1. The molecule has 3 saturated heterocycles. The predicted molar refractivity (Wildman–Crippen MR) is 215 cm³/mol. The van der Waals surface area contributed by atoms with Crippen LogP contribution in [0.4, 0.5) is 13.2 Å². The maximum atomic E-state index is 15.0. The van der Waals surface area contributed by atoms with Crippen LogP contribution < -0.4 is 5.56 Å². The van der Waals surface area contributed by atoms with Crippen LogP contribution in [0.25, 0.3) is 21.9 Å². The van der Waals surface area contributed by atoms with Crippen LogP contribution >= 0.6 is 0 Å². The lowest BCUT2D eigenvalue weighted by molar-refractivity contribution is -0.135. The number of fused-ring (bicyclic) bond motifs is 1. The van der Waals surface area contributed by atoms with Gasteiger partial charge < -0.3 is 19.4 Å². The van der Waals surface area contributed by atoms with Gasteiger partial charge in [-0.3, -0.25) is 24.1 Å². The Kier molecular flexibility index (Phi) is 11.9. The second-order valence-electron chi connectivity index (χ2n) is 15.5. The molecule has 1 N–H and O–H groups in total. The van der Waals surface area contributed by atoms with E-state index < -0.39 is 34.8 Å². The van der Waals surface area contributed by atoms with E-state index in [0.717, 1.165) is 12.8 Å². The second kappa shape index (κ2) is 17.6. The molecule has 11 nitrogen and oxygen atoms in total. The van der Waals surface area contributed by atoms with E-state index in [1.807, 2.05) is 18.2 Å². The number of piperidine rings is 2. The van der Waals surface area contributed by atoms with Crippen molar-refractivity contribution in [3.05, 3.63) is 135 Å². The Hall–Kier alpha value is -5.86. The van der Waals surface area contributed by atoms with Gasteiger partial charge in [0.2, 0.25) is 5.91 Å². The smallest absolute Gasteiger partial charge is 0.272 e. The lowest BCUT2D eigenvalue weighted by Gasteiger charge is -2.38. The van der Waals surface area contributed by atoms with E-state index in [0.29, 0.717) is 91.7 Å². The Morgan fingerprint density at radius 3 is 1.92 bits per heavy atom. The number of nitrogens with zero attached hydrogens (tertiary/aromatic N) is 5. The van der Waals surface area contributed by atoms with Crippen LogP contribution in [0, 0.1) is 17.5 Å². The average molecular weight is 807 g/mol. The fourth-order valence-corrected chi connectivity index (χ4v) is 8.37. The summed E-state index contributed by atoms with van der Waals surface area (Å²) in [6.45, 7) is 3.55. The van der Waals surface area contributed by atoms with Crippen molar-refractivity contribution in [2.75, 3.05) is 58.9 Å². The zero-order valence-corrected chi connectivity index (χ0v) is 32.5. The third-order valence-electron chi connectivity index (χ3n) is 11.7. The van der Waals surface area contributed by atoms with E-state index in [9.17, 15) is 23.6 Å². The Morgan fingerprint density at radius 1 is 0.644 bits per heavy atom. The van der Waals surface area contributed by atoms with E-state index in [1.165, 1.54) is 29.2 Å². The average Bonchev–Trinajstić information content (AvgIpc) is 3.26. The SMILES string of the molecule is O=C(CN1CCC(OC2CCN(C(=O)c3c(F)cc(-c4ccccc4)cc3F)CC2)CC1)N1CCN(C(=O)c2cc(Cc3n[nH]c(=O)c4ccccc34)ccc2F)CC1. The number of nitrogens with one attached hydrogen (secondary N) is 1. The van der Waals surface area contributed by atoms with Crippen LogP contribution in [-0.2, 0) is 16.0 Å². The third kappa shape index (κ3) is 8.93. The van der Waals surface area contributed by atoms with Gasteiger partial charge >= 0.3 is 0 Å². The highest BCUT2D eigenvalue weighted by atomic mass is 19.1. The van der Waals surface area contributed by atoms with Crippen molar-refractivity contribution in [2.24, 2.45) is 0 Å². The number of amides is 3. The molecular weight excluding hydrogens is 762 g/mol. The summed E-state index contributed by atoms with van der Waals surface area (Å²) in [7, 11) is 0. The lowest BCUT2D eigenvalue weighted by atomic mass is 10.0. The highest BCUT2D eigenvalue weighted by Crippen LogP contribution is 2.28. The highest BCUT2D eigenvalue weighted by molar-refractivity contribution is 5.96. The molecule has 0 unspecified atom stereocenters. The molecule has 3 aliphatic rings. The number of benzene rings is 4. The molecule has 306 valence electrons. The molecule has 3 amide bonds. The summed E-state index contributed by atoms with van der Waals surface area (Å²) in [6.07, 6.45) is 2.85. The van der Waals surface area contributed by atoms with Gasteiger partial charge in [0.25, 0.3) is 17.4 Å². The molecule has 3 fully saturated rings. The summed E-state index contributed by atoms with van der Waals surface area (Å²) in [4.78, 5) is 59.1. The number of aromatic nitrogens is 2. The fraction of sp³-hybridized carbons (Fsp3) is 0.356. The molecule has 4 aromatic carbocycles. The van der Waals surface area contributed by atoms with Gasteiger partial charge in [-0.1, -0.05) is 54.6 Å². The zero-order valence-electron chi connectivity index (χ0n) is 32.5. The van der Waals surface area contributed by atoms with Crippen LogP contribution in [0.5, 0.6) is 0 Å². The maximum absolute atomic E-state index is 15.0. The second-order valence-corrected chi connectivity index (χ2v) is 15.5. The summed E-state index contributed by atoms with van der Waals surface area (Å²) in [5.41, 5.74) is 1.45. The van der Waals surface area contributed by atoms with Gasteiger partial charge in [0.05, 0.1) is 35.4 Å². The van der Waals surface area contributed by atoms with Gasteiger partial charge in [-0.2, -0.15) is 5.10 Å². The van der Waals surface area contributed by atoms with Crippen molar-refractivity contribution in [1.82, 2.24) is 29.8 Å². The predicted octanol–water partition coefficient (Wildman–Crippen LogP) is 5.67. The first-order chi connectivity index (χ1) is 28.6. The van der Waals surface area contributed by atoms with Crippen molar-refractivity contribution in [1.29, 1.82) is 0 Å². The maximum Gasteiger partial charge on any atom is 0.272 e. The summed E-state index contributed by atoms with van der Waals surface area (Å²) in [6, 6.07) is 22.8. The molecule has 59 heavy (non-hydrogen) atoms. The number of likely N-dealkylation sites (tertiary alicyclic amines) is 2. The van der Waals surface area contributed by atoms with Gasteiger partial charge in [0.1, 0.15) is 23.0 Å². The number of carbonyl (C=O) groups is 3. The molecule has 1 aromatic heterocycles. The van der Waals surface area contributed by atoms with Crippen molar-refractivity contribution < 1.29 is 32.3 Å². The summed E-state index contributed by atoms with van der Waals surface area (Å²) in [5.74, 6) is -3.50. The molecule has 0 saturated carbocycles. The molecule has 8 rings (SSSR count). The largest absolute Gasteiger partial charge is 0.375 e. The van der Waals surface area contributed by atoms with Crippen molar-refractivity contribution in [3.63, 3.8) is 0 Å². The summed E-state index contributed by atoms with van der Waals surface area (Å²) >= 11 is 0. The van der Waals surface area contributed by atoms with Gasteiger partial charge in [-0.15, -0.1) is 0 Å². The van der Waals surface area contributed by atoms with E-state index in [1.54, 1.807) is 52.3 Å². The molecule has 0 radical (unpaired) electrons. The topological polar surface area (TPSA) is 119 Å². The van der Waals surface area contributed by atoms with Crippen LogP contribution in [0.15, 0.2) is 89.7 Å². The molecule has 0 atom stereocenters. The lowest BCUT2D eigenvalue weighted by Crippen LogP contribution is -2.53. The van der Waals surface area contributed by atoms with Crippen molar-refractivity contribution in [3.8, 4) is 11.1 Å². The van der Waals surface area contributed by atoms with E-state index in [-0.39, 0.29) is 48.9 Å². The van der Waals surface area contributed by atoms with E-state index in [2.05, 4.69) is 15.1 Å². The van der Waals surface area contributed by atoms with Crippen LogP contribution in [-0.4, -0.2) is 119 Å². The van der Waals surface area contributed by atoms with Crippen LogP contribution in [0.3, 0.4) is 0 Å². The van der Waals surface area contributed by atoms with Gasteiger partial charge in [0, 0.05) is 64.2 Å². The van der Waals surface area contributed by atoms with E-state index in [4.69, 9.17) is 4.74 Å². The molecule has 5 aromatic rings. The molecule has 0 bridgehead atoms. The fourth-order valence-electron chi connectivity index (χ4n) is 8.37. The normalized spacial score (nSPS) is 17.1. The van der Waals surface area contributed by atoms with Crippen molar-refractivity contribution in [2.45, 2.75) is 44.3 Å². The number of piperazine rings is 1. The molecule has 4 heterocycles. The zero-order chi connectivity index (χ0) is 41.0. The minimum atomic E-state index is -0.877. The van der Waals surface area contributed by atoms with Crippen LogP contribution in [0.1, 0.15) is 57.7 Å². The third-order valence-corrected chi connectivity index (χ3v) is 11.7. The Balaban J connectivity index is 0.765. The standard InChI is InChI=1S/C45H45F3N6O5/c46-37-11-10-29(25-40-34-8-4-5-9-35(34)43(56)50-49-40)24-36(37)44(57)54-22-20-52(21-23-54)41(55)28-51-16-12-32(13-17-51)59-33-14-18-53(19-15-33)45(58)42-38(47)26-31(27-39(42)48)30-6-2-1-3-7-30/h1-11,24,26-27,32-33H,12-23,25,28H2,(H,50,56). The first-order valence-corrected chi connectivity index (χ1v) is 20.1. The van der Waals surface area contributed by atoms with Crippen LogP contribution in [0.2, 0.25) is 0 Å². The number of aromatic amines is 1. The number of ether oxygens (including phenoxy) is 1. The first-order valence-electron chi connectivity index (χ1n) is 20.1. The molecular formula is C45H45F3N6O5. The number of hydrogen-bond acceptors (Lipinski definition) is 7. The number of rotatable bonds is 9. The first kappa shape index (κ1) is 39.9.